The molecule has 2 aliphatic heterocycles. The summed E-state index contributed by atoms with van der Waals surface area (Å²) in [5.41, 5.74) is 0.696. The molecule has 5 nitrogen and oxygen atoms in total. The van der Waals surface area contributed by atoms with E-state index < -0.39 is 0 Å². The predicted molar refractivity (Wildman–Crippen MR) is 98.1 cm³/mol. The minimum Gasteiger partial charge on any atom is -0.342 e. The molecule has 0 atom stereocenters. The van der Waals surface area contributed by atoms with Gasteiger partial charge in [0.2, 0.25) is 11.8 Å². The van der Waals surface area contributed by atoms with Crippen LogP contribution in [0.1, 0.15) is 25.3 Å². The third kappa shape index (κ3) is 4.61. The van der Waals surface area contributed by atoms with Crippen LogP contribution in [0.25, 0.3) is 0 Å². The lowest BCUT2D eigenvalue weighted by Gasteiger charge is -2.38. The summed E-state index contributed by atoms with van der Waals surface area (Å²) >= 11 is 0. The lowest BCUT2D eigenvalue weighted by Crippen LogP contribution is -2.51. The molecule has 0 radical (unpaired) electrons. The molecule has 6 heteroatoms. The fraction of sp³-hybridized carbons (Fsp3) is 0.600. The van der Waals surface area contributed by atoms with Gasteiger partial charge in [-0.25, -0.2) is 4.39 Å². The van der Waals surface area contributed by atoms with E-state index in [1.54, 1.807) is 12.1 Å². The van der Waals surface area contributed by atoms with Gasteiger partial charge in [0.05, 0.1) is 6.42 Å². The van der Waals surface area contributed by atoms with Crippen LogP contribution in [0.15, 0.2) is 24.3 Å². The molecule has 0 aromatic heterocycles. The van der Waals surface area contributed by atoms with Gasteiger partial charge in [-0.3, -0.25) is 9.59 Å². The number of halogens is 1. The van der Waals surface area contributed by atoms with Crippen LogP contribution in [0.3, 0.4) is 0 Å². The quantitative estimate of drug-likeness (QED) is 0.821. The summed E-state index contributed by atoms with van der Waals surface area (Å²) in [6.45, 7) is 7.93. The fourth-order valence-electron chi connectivity index (χ4n) is 3.85. The highest BCUT2D eigenvalue weighted by atomic mass is 19.1. The van der Waals surface area contributed by atoms with Crippen molar-refractivity contribution < 1.29 is 14.0 Å². The molecule has 1 aromatic rings. The van der Waals surface area contributed by atoms with E-state index in [2.05, 4.69) is 11.8 Å². The van der Waals surface area contributed by atoms with Gasteiger partial charge >= 0.3 is 0 Å². The Labute approximate surface area is 154 Å². The maximum Gasteiger partial charge on any atom is 0.226 e. The van der Waals surface area contributed by atoms with Gasteiger partial charge in [-0.2, -0.15) is 0 Å². The molecule has 1 aromatic carbocycles. The van der Waals surface area contributed by atoms with Crippen molar-refractivity contribution in [3.63, 3.8) is 0 Å². The lowest BCUT2D eigenvalue weighted by molar-refractivity contribution is -0.141. The highest BCUT2D eigenvalue weighted by molar-refractivity contribution is 5.81. The maximum atomic E-state index is 13.3. The van der Waals surface area contributed by atoms with Gasteiger partial charge in [0, 0.05) is 45.2 Å². The first-order valence-corrected chi connectivity index (χ1v) is 9.60. The number of carbonyl (C=O) groups is 2. The number of carbonyl (C=O) groups excluding carboxylic acids is 2. The number of likely N-dealkylation sites (N-methyl/N-ethyl adjacent to an activating group) is 1. The Morgan fingerprint density at radius 2 is 1.73 bits per heavy atom. The molecule has 3 rings (SSSR count). The van der Waals surface area contributed by atoms with Crippen LogP contribution in [-0.2, 0) is 16.0 Å². The van der Waals surface area contributed by atoms with Crippen molar-refractivity contribution in [2.45, 2.75) is 26.2 Å². The molecular weight excluding hydrogens is 333 g/mol. The number of nitrogens with zero attached hydrogens (tertiary/aromatic N) is 3. The van der Waals surface area contributed by atoms with E-state index in [0.29, 0.717) is 18.7 Å². The molecule has 0 unspecified atom stereocenters. The standard InChI is InChI=1S/C20H28FN3O2/c1-2-22-10-12-24(13-11-22)20(26)17-6-8-23(9-7-17)19(25)15-16-4-3-5-18(21)14-16/h3-5,14,17H,2,6-13,15H2,1H3. The van der Waals surface area contributed by atoms with Crippen molar-refractivity contribution in [2.75, 3.05) is 45.8 Å². The zero-order valence-electron chi connectivity index (χ0n) is 15.5. The van der Waals surface area contributed by atoms with Crippen LogP contribution < -0.4 is 0 Å². The summed E-state index contributed by atoms with van der Waals surface area (Å²) in [6.07, 6.45) is 1.67. The molecule has 0 N–H and O–H groups in total. The number of piperazine rings is 1. The Morgan fingerprint density at radius 1 is 1.04 bits per heavy atom. The van der Waals surface area contributed by atoms with Gasteiger partial charge in [0.25, 0.3) is 0 Å². The van der Waals surface area contributed by atoms with Crippen LogP contribution in [-0.4, -0.2) is 72.3 Å². The van der Waals surface area contributed by atoms with E-state index in [1.807, 2.05) is 9.80 Å². The molecule has 0 spiro atoms. The number of rotatable bonds is 4. The highest BCUT2D eigenvalue weighted by Gasteiger charge is 2.31. The van der Waals surface area contributed by atoms with Crippen molar-refractivity contribution in [3.8, 4) is 0 Å². The van der Waals surface area contributed by atoms with Gasteiger partial charge in [-0.15, -0.1) is 0 Å². The largest absolute Gasteiger partial charge is 0.342 e. The molecule has 0 bridgehead atoms. The number of hydrogen-bond donors (Lipinski definition) is 0. The smallest absolute Gasteiger partial charge is 0.226 e. The number of piperidine rings is 1. The molecule has 0 aliphatic carbocycles. The summed E-state index contributed by atoms with van der Waals surface area (Å²) in [5, 5.41) is 0. The van der Waals surface area contributed by atoms with Crippen molar-refractivity contribution in [1.29, 1.82) is 0 Å². The minimum absolute atomic E-state index is 0.0121. The van der Waals surface area contributed by atoms with E-state index in [0.717, 1.165) is 45.6 Å². The van der Waals surface area contributed by atoms with E-state index in [9.17, 15) is 14.0 Å². The van der Waals surface area contributed by atoms with E-state index in [4.69, 9.17) is 0 Å². The van der Waals surface area contributed by atoms with Gasteiger partial charge in [-0.05, 0) is 37.1 Å². The number of benzene rings is 1. The first-order chi connectivity index (χ1) is 12.6. The third-order valence-electron chi connectivity index (χ3n) is 5.57. The number of hydrogen-bond acceptors (Lipinski definition) is 3. The van der Waals surface area contributed by atoms with Gasteiger partial charge < -0.3 is 14.7 Å². The fourth-order valence-corrected chi connectivity index (χ4v) is 3.85. The average molecular weight is 361 g/mol. The molecular formula is C20H28FN3O2. The summed E-state index contributed by atoms with van der Waals surface area (Å²) in [5.74, 6) is -0.0276. The van der Waals surface area contributed by atoms with Crippen LogP contribution in [0.5, 0.6) is 0 Å². The molecule has 2 heterocycles. The summed E-state index contributed by atoms with van der Waals surface area (Å²) < 4.78 is 13.3. The van der Waals surface area contributed by atoms with Gasteiger partial charge in [0.15, 0.2) is 0 Å². The van der Waals surface area contributed by atoms with E-state index >= 15 is 0 Å². The minimum atomic E-state index is -0.317. The summed E-state index contributed by atoms with van der Waals surface area (Å²) in [6, 6.07) is 6.18. The maximum absolute atomic E-state index is 13.3. The first-order valence-electron chi connectivity index (χ1n) is 9.60. The van der Waals surface area contributed by atoms with Crippen molar-refractivity contribution in [2.24, 2.45) is 5.92 Å². The Kier molecular flexibility index (Phi) is 6.25. The second kappa shape index (κ2) is 8.62. The Bertz CT molecular complexity index is 636. The van der Waals surface area contributed by atoms with Crippen LogP contribution >= 0.6 is 0 Å². The topological polar surface area (TPSA) is 43.9 Å². The van der Waals surface area contributed by atoms with E-state index in [1.165, 1.54) is 12.1 Å². The molecule has 2 aliphatic rings. The molecule has 0 saturated carbocycles. The number of likely N-dealkylation sites (tertiary alicyclic amines) is 1. The molecule has 2 saturated heterocycles. The van der Waals surface area contributed by atoms with Crippen molar-refractivity contribution in [1.82, 2.24) is 14.7 Å². The second-order valence-corrected chi connectivity index (χ2v) is 7.22. The average Bonchev–Trinajstić information content (AvgIpc) is 2.67. The SMILES string of the molecule is CCN1CCN(C(=O)C2CCN(C(=O)Cc3cccc(F)c3)CC2)CC1. The van der Waals surface area contributed by atoms with Crippen molar-refractivity contribution >= 4 is 11.8 Å². The van der Waals surface area contributed by atoms with Gasteiger partial charge in [0.1, 0.15) is 5.82 Å². The van der Waals surface area contributed by atoms with Crippen molar-refractivity contribution in [3.05, 3.63) is 35.6 Å². The number of amides is 2. The third-order valence-corrected chi connectivity index (χ3v) is 5.57. The summed E-state index contributed by atoms with van der Waals surface area (Å²) in [4.78, 5) is 31.3. The molecule has 26 heavy (non-hydrogen) atoms. The monoisotopic (exact) mass is 361 g/mol. The molecule has 142 valence electrons. The second-order valence-electron chi connectivity index (χ2n) is 7.22. The van der Waals surface area contributed by atoms with Gasteiger partial charge in [-0.1, -0.05) is 19.1 Å². The zero-order chi connectivity index (χ0) is 18.5. The normalized spacial score (nSPS) is 19.6. The highest BCUT2D eigenvalue weighted by Crippen LogP contribution is 2.21. The summed E-state index contributed by atoms with van der Waals surface area (Å²) in [7, 11) is 0. The van der Waals surface area contributed by atoms with Crippen LogP contribution in [0.2, 0.25) is 0 Å². The zero-order valence-corrected chi connectivity index (χ0v) is 15.5. The molecule has 2 amide bonds. The Balaban J connectivity index is 1.46. The molecule has 2 fully saturated rings. The lowest BCUT2D eigenvalue weighted by atomic mass is 9.94. The van der Waals surface area contributed by atoms with Crippen LogP contribution in [0.4, 0.5) is 4.39 Å². The predicted octanol–water partition coefficient (Wildman–Crippen LogP) is 1.77. The first kappa shape index (κ1) is 18.8. The Morgan fingerprint density at radius 3 is 2.35 bits per heavy atom. The van der Waals surface area contributed by atoms with E-state index in [-0.39, 0.29) is 30.0 Å². The van der Waals surface area contributed by atoms with Crippen LogP contribution in [0, 0.1) is 11.7 Å². The Hall–Kier alpha value is -1.95.